The zero-order valence-corrected chi connectivity index (χ0v) is 16.3. The highest BCUT2D eigenvalue weighted by Crippen LogP contribution is 2.32. The Hall–Kier alpha value is -2.90. The third kappa shape index (κ3) is 6.09. The van der Waals surface area contributed by atoms with Crippen molar-refractivity contribution in [1.82, 2.24) is 0 Å². The lowest BCUT2D eigenvalue weighted by molar-refractivity contribution is 0.427. The summed E-state index contributed by atoms with van der Waals surface area (Å²) >= 11 is 0. The Balaban J connectivity index is 2.44. The van der Waals surface area contributed by atoms with Crippen molar-refractivity contribution in [2.24, 2.45) is 16.6 Å². The summed E-state index contributed by atoms with van der Waals surface area (Å²) in [5, 5.41) is 9.26. The fourth-order valence-corrected chi connectivity index (χ4v) is 2.90. The minimum atomic E-state index is 0.441. The molecule has 0 saturated carbocycles. The second-order valence-electron chi connectivity index (χ2n) is 6.60. The average molecular weight is 361 g/mol. The monoisotopic (exact) mass is 361 g/mol. The third-order valence-corrected chi connectivity index (χ3v) is 4.27. The van der Waals surface area contributed by atoms with Gasteiger partial charge in [-0.3, -0.25) is 4.99 Å². The summed E-state index contributed by atoms with van der Waals surface area (Å²) in [4.78, 5) is 3.95. The van der Waals surface area contributed by atoms with Crippen LogP contribution in [0.2, 0.25) is 0 Å². The lowest BCUT2D eigenvalue weighted by Gasteiger charge is -2.16. The molecule has 0 heterocycles. The van der Waals surface area contributed by atoms with E-state index in [0.717, 1.165) is 24.0 Å². The number of hydrogen-bond donors (Lipinski definition) is 1. The first-order valence-corrected chi connectivity index (χ1v) is 9.17. The fraction of sp³-hybridized carbons (Fsp3) is 0.304. The van der Waals surface area contributed by atoms with Crippen LogP contribution in [0.1, 0.15) is 37.8 Å². The van der Waals surface area contributed by atoms with Crippen molar-refractivity contribution >= 4 is 11.8 Å². The van der Waals surface area contributed by atoms with Crippen LogP contribution in [0.3, 0.4) is 0 Å². The number of aliphatic imine (C=N–C) groups is 1. The van der Waals surface area contributed by atoms with Gasteiger partial charge in [0.1, 0.15) is 11.5 Å². The van der Waals surface area contributed by atoms with Crippen molar-refractivity contribution in [2.45, 2.75) is 26.7 Å². The lowest BCUT2D eigenvalue weighted by Crippen LogP contribution is -2.02. The molecule has 0 bridgehead atoms. The lowest BCUT2D eigenvalue weighted by atomic mass is 9.93. The molecule has 2 rings (SSSR count). The normalized spacial score (nSPS) is 19.7. The predicted molar refractivity (Wildman–Crippen MR) is 113 cm³/mol. The maximum atomic E-state index is 9.26. The maximum absolute atomic E-state index is 9.26. The van der Waals surface area contributed by atoms with Gasteiger partial charge in [0, 0.05) is 18.8 Å². The first-order chi connectivity index (χ1) is 13.1. The van der Waals surface area contributed by atoms with Gasteiger partial charge in [-0.05, 0) is 62.1 Å². The number of hydrogen-bond acceptors (Lipinski definition) is 4. The minimum Gasteiger partial charge on any atom is -0.461 e. The van der Waals surface area contributed by atoms with E-state index in [-0.39, 0.29) is 0 Å². The molecule has 140 valence electrons. The van der Waals surface area contributed by atoms with E-state index < -0.39 is 0 Å². The number of nitrogens with zero attached hydrogens (tertiary/aromatic N) is 2. The van der Waals surface area contributed by atoms with Crippen LogP contribution in [0.5, 0.6) is 5.75 Å². The van der Waals surface area contributed by atoms with Crippen molar-refractivity contribution in [3.63, 3.8) is 0 Å². The number of ether oxygens (including phenoxy) is 1. The number of rotatable bonds is 6. The molecule has 0 spiro atoms. The highest BCUT2D eigenvalue weighted by atomic mass is 16.5. The van der Waals surface area contributed by atoms with E-state index >= 15 is 0 Å². The third-order valence-electron chi connectivity index (χ3n) is 4.27. The van der Waals surface area contributed by atoms with Crippen LogP contribution in [0, 0.1) is 17.2 Å². The van der Waals surface area contributed by atoms with Gasteiger partial charge in [0.05, 0.1) is 11.6 Å². The van der Waals surface area contributed by atoms with E-state index in [2.05, 4.69) is 42.3 Å². The predicted octanol–water partition coefficient (Wildman–Crippen LogP) is 4.80. The van der Waals surface area contributed by atoms with Crippen LogP contribution in [0.25, 0.3) is 5.57 Å². The minimum absolute atomic E-state index is 0.441. The highest BCUT2D eigenvalue weighted by Gasteiger charge is 2.12. The molecule has 4 nitrogen and oxygen atoms in total. The molecule has 1 aliphatic carbocycles. The van der Waals surface area contributed by atoms with Gasteiger partial charge in [-0.1, -0.05) is 36.8 Å². The largest absolute Gasteiger partial charge is 0.461 e. The molecule has 0 aromatic heterocycles. The van der Waals surface area contributed by atoms with Gasteiger partial charge in [-0.15, -0.1) is 0 Å². The summed E-state index contributed by atoms with van der Waals surface area (Å²) in [6.45, 7) is 4.71. The molecule has 1 aromatic carbocycles. The SMILES string of the molecule is CN=C/C=C(\C)Oc1cc(C#N)ccc1C1=CC[C@@H](C)/C=C(\CCN)C=C1. The molecule has 0 aliphatic heterocycles. The Labute approximate surface area is 162 Å². The molecular weight excluding hydrogens is 334 g/mol. The summed E-state index contributed by atoms with van der Waals surface area (Å²) in [6, 6.07) is 7.73. The van der Waals surface area contributed by atoms with Crippen molar-refractivity contribution in [3.8, 4) is 11.8 Å². The highest BCUT2D eigenvalue weighted by molar-refractivity contribution is 5.79. The standard InChI is InChI=1S/C23H27N3O/c1-17-4-7-21(8-5-19(14-17)10-12-24)22-9-6-20(16-25)15-23(22)27-18(2)11-13-26-3/h5-9,11,13-15,17H,4,10,12,24H2,1-3H3/b8-5?,18-11+,19-14-,21-7?,26-13?/t17-/m1/s1. The summed E-state index contributed by atoms with van der Waals surface area (Å²) in [6.07, 6.45) is 14.0. The summed E-state index contributed by atoms with van der Waals surface area (Å²) in [7, 11) is 1.71. The molecule has 1 atom stereocenters. The van der Waals surface area contributed by atoms with Crippen LogP contribution in [0.15, 0.2) is 64.9 Å². The van der Waals surface area contributed by atoms with Crippen LogP contribution < -0.4 is 10.5 Å². The number of allylic oxidation sites excluding steroid dienone is 7. The van der Waals surface area contributed by atoms with Gasteiger partial charge < -0.3 is 10.5 Å². The smallest absolute Gasteiger partial charge is 0.136 e. The maximum Gasteiger partial charge on any atom is 0.136 e. The topological polar surface area (TPSA) is 71.4 Å². The van der Waals surface area contributed by atoms with Crippen LogP contribution in [-0.4, -0.2) is 19.8 Å². The molecule has 0 amide bonds. The Morgan fingerprint density at radius 3 is 2.93 bits per heavy atom. The molecular formula is C23H27N3O. The Bertz CT molecular complexity index is 851. The van der Waals surface area contributed by atoms with Crippen molar-refractivity contribution < 1.29 is 4.74 Å². The molecule has 0 saturated heterocycles. The van der Waals surface area contributed by atoms with E-state index in [9.17, 15) is 5.26 Å². The Morgan fingerprint density at radius 1 is 1.41 bits per heavy atom. The molecule has 1 aliphatic rings. The first kappa shape index (κ1) is 20.4. The molecule has 0 radical (unpaired) electrons. The number of nitrogens with two attached hydrogens (primary N) is 1. The van der Waals surface area contributed by atoms with Gasteiger partial charge >= 0.3 is 0 Å². The molecule has 1 aromatic rings. The summed E-state index contributed by atoms with van der Waals surface area (Å²) in [5.41, 5.74) is 9.60. The quantitative estimate of drug-likeness (QED) is 0.584. The summed E-state index contributed by atoms with van der Waals surface area (Å²) < 4.78 is 6.03. The summed E-state index contributed by atoms with van der Waals surface area (Å²) in [5.74, 6) is 1.82. The van der Waals surface area contributed by atoms with E-state index in [1.807, 2.05) is 19.1 Å². The average Bonchev–Trinajstić information content (AvgIpc) is 2.65. The number of benzene rings is 1. The zero-order chi connectivity index (χ0) is 19.6. The van der Waals surface area contributed by atoms with E-state index in [0.29, 0.717) is 29.5 Å². The van der Waals surface area contributed by atoms with E-state index in [1.165, 1.54) is 5.57 Å². The second kappa shape index (κ2) is 10.3. The van der Waals surface area contributed by atoms with Crippen molar-refractivity contribution in [1.29, 1.82) is 5.26 Å². The Morgan fingerprint density at radius 2 is 2.22 bits per heavy atom. The van der Waals surface area contributed by atoms with E-state index in [1.54, 1.807) is 25.4 Å². The van der Waals surface area contributed by atoms with Crippen molar-refractivity contribution in [3.05, 3.63) is 71.0 Å². The van der Waals surface area contributed by atoms with Gasteiger partial charge in [0.15, 0.2) is 0 Å². The van der Waals surface area contributed by atoms with Crippen LogP contribution in [0.4, 0.5) is 0 Å². The van der Waals surface area contributed by atoms with Crippen LogP contribution in [-0.2, 0) is 0 Å². The number of nitriles is 1. The van der Waals surface area contributed by atoms with Gasteiger partial charge in [0.2, 0.25) is 0 Å². The van der Waals surface area contributed by atoms with Crippen molar-refractivity contribution in [2.75, 3.05) is 13.6 Å². The second-order valence-corrected chi connectivity index (χ2v) is 6.60. The Kier molecular flexibility index (Phi) is 7.79. The van der Waals surface area contributed by atoms with Gasteiger partial charge in [-0.2, -0.15) is 5.26 Å². The van der Waals surface area contributed by atoms with E-state index in [4.69, 9.17) is 10.5 Å². The fourth-order valence-electron chi connectivity index (χ4n) is 2.90. The molecule has 27 heavy (non-hydrogen) atoms. The molecule has 0 unspecified atom stereocenters. The molecule has 0 fully saturated rings. The zero-order valence-electron chi connectivity index (χ0n) is 16.3. The van der Waals surface area contributed by atoms with Gasteiger partial charge in [0.25, 0.3) is 0 Å². The molecule has 2 N–H and O–H groups in total. The van der Waals surface area contributed by atoms with Gasteiger partial charge in [-0.25, -0.2) is 0 Å². The first-order valence-electron chi connectivity index (χ1n) is 9.17. The molecule has 4 heteroatoms. The van der Waals surface area contributed by atoms with Crippen LogP contribution >= 0.6 is 0 Å².